The second-order valence-electron chi connectivity index (χ2n) is 12.0. The Morgan fingerprint density at radius 1 is 0.860 bits per heavy atom. The molecule has 2 fully saturated rings. The lowest BCUT2D eigenvalue weighted by molar-refractivity contribution is -0.124. The number of nitrogen functional groups attached to an aromatic ring is 1. The zero-order valence-electron chi connectivity index (χ0n) is 24.9. The number of aromatic nitrogens is 2. The van der Waals surface area contributed by atoms with E-state index in [1.165, 1.54) is 49.4 Å². The van der Waals surface area contributed by atoms with E-state index in [9.17, 15) is 14.4 Å². The maximum Gasteiger partial charge on any atom is 0.256 e. The van der Waals surface area contributed by atoms with E-state index in [2.05, 4.69) is 21.0 Å². The van der Waals surface area contributed by atoms with Gasteiger partial charge in [-0.15, -0.1) is 0 Å². The van der Waals surface area contributed by atoms with Gasteiger partial charge in [-0.25, -0.2) is 4.68 Å². The zero-order chi connectivity index (χ0) is 30.0. The van der Waals surface area contributed by atoms with Crippen LogP contribution >= 0.6 is 0 Å². The van der Waals surface area contributed by atoms with Crippen molar-refractivity contribution in [1.29, 1.82) is 0 Å². The second kappa shape index (κ2) is 14.8. The normalized spacial score (nSPS) is 16.7. The Labute approximate surface area is 254 Å². The summed E-state index contributed by atoms with van der Waals surface area (Å²) in [7, 11) is 0. The van der Waals surface area contributed by atoms with Gasteiger partial charge in [0.2, 0.25) is 5.91 Å². The lowest BCUT2D eigenvalue weighted by Gasteiger charge is -2.27. The number of benzene rings is 2. The first-order chi connectivity index (χ1) is 21.0. The molecule has 2 saturated carbocycles. The lowest BCUT2D eigenvalue weighted by Crippen LogP contribution is -2.50. The second-order valence-corrected chi connectivity index (χ2v) is 12.0. The summed E-state index contributed by atoms with van der Waals surface area (Å²) in [6.45, 7) is 0.268. The first kappa shape index (κ1) is 30.3. The van der Waals surface area contributed by atoms with Gasteiger partial charge >= 0.3 is 0 Å². The topological polar surface area (TPSA) is 131 Å². The van der Waals surface area contributed by atoms with Crippen LogP contribution < -0.4 is 21.7 Å². The van der Waals surface area contributed by atoms with Crippen LogP contribution in [0.25, 0.3) is 5.69 Å². The van der Waals surface area contributed by atoms with Crippen molar-refractivity contribution in [3.8, 4) is 5.69 Å². The number of anilines is 1. The molecule has 1 heterocycles. The Kier molecular flexibility index (Phi) is 10.5. The van der Waals surface area contributed by atoms with Gasteiger partial charge in [-0.05, 0) is 61.4 Å². The molecular weight excluding hydrogens is 540 g/mol. The number of rotatable bonds is 11. The van der Waals surface area contributed by atoms with Crippen molar-refractivity contribution in [3.05, 3.63) is 77.5 Å². The molecule has 0 aliphatic heterocycles. The van der Waals surface area contributed by atoms with Gasteiger partial charge in [-0.3, -0.25) is 14.4 Å². The van der Waals surface area contributed by atoms with Gasteiger partial charge in [0.15, 0.2) is 0 Å². The first-order valence-electron chi connectivity index (χ1n) is 15.8. The van der Waals surface area contributed by atoms with Crippen LogP contribution in [0, 0.1) is 5.92 Å². The summed E-state index contributed by atoms with van der Waals surface area (Å²) in [5, 5.41) is 13.4. The molecular formula is C34H44N6O3. The summed E-state index contributed by atoms with van der Waals surface area (Å²) >= 11 is 0. The van der Waals surface area contributed by atoms with Crippen molar-refractivity contribution in [2.45, 2.75) is 95.7 Å². The predicted octanol–water partition coefficient (Wildman–Crippen LogP) is 5.29. The minimum absolute atomic E-state index is 0.0646. The third-order valence-corrected chi connectivity index (χ3v) is 8.88. The predicted molar refractivity (Wildman–Crippen MR) is 168 cm³/mol. The number of carbonyl (C=O) groups is 3. The number of amides is 3. The molecule has 2 aliphatic carbocycles. The fraction of sp³-hybridized carbons (Fsp3) is 0.471. The molecule has 228 valence electrons. The Bertz CT molecular complexity index is 1360. The van der Waals surface area contributed by atoms with Crippen molar-refractivity contribution in [2.24, 2.45) is 5.92 Å². The van der Waals surface area contributed by atoms with Gasteiger partial charge in [-0.1, -0.05) is 81.7 Å². The van der Waals surface area contributed by atoms with Crippen LogP contribution in [0.2, 0.25) is 0 Å². The quantitative estimate of drug-likeness (QED) is 0.243. The van der Waals surface area contributed by atoms with E-state index in [-0.39, 0.29) is 36.1 Å². The monoisotopic (exact) mass is 584 g/mol. The number of para-hydroxylation sites is 1. The Balaban J connectivity index is 1.16. The van der Waals surface area contributed by atoms with Crippen LogP contribution in [0.1, 0.15) is 103 Å². The van der Waals surface area contributed by atoms with Crippen molar-refractivity contribution < 1.29 is 14.4 Å². The summed E-state index contributed by atoms with van der Waals surface area (Å²) in [5.41, 5.74) is 8.59. The van der Waals surface area contributed by atoms with Gasteiger partial charge in [0.05, 0.1) is 11.9 Å². The molecule has 3 amide bonds. The molecule has 0 radical (unpaired) electrons. The van der Waals surface area contributed by atoms with Gasteiger partial charge in [-0.2, -0.15) is 5.10 Å². The largest absolute Gasteiger partial charge is 0.383 e. The number of hydrogen-bond acceptors (Lipinski definition) is 5. The molecule has 2 aromatic carbocycles. The van der Waals surface area contributed by atoms with E-state index in [0.29, 0.717) is 23.5 Å². The SMILES string of the molecule is Nc1c(C(=O)NCc2ccc(C(=O)N[C@@H](CCC3CCCCC3)C(=O)NC3CCCCC3)cc2)cnn1-c1ccccc1. The van der Waals surface area contributed by atoms with Gasteiger partial charge < -0.3 is 21.7 Å². The molecule has 3 aromatic rings. The molecule has 5 N–H and O–H groups in total. The zero-order valence-corrected chi connectivity index (χ0v) is 24.9. The lowest BCUT2D eigenvalue weighted by atomic mass is 9.85. The molecule has 0 unspecified atom stereocenters. The molecule has 2 aliphatic rings. The number of nitrogens with two attached hydrogens (primary N) is 1. The third kappa shape index (κ3) is 8.24. The standard InChI is InChI=1S/C34H44N6O3/c35-31-29(23-37-40(31)28-14-8-3-9-15-28)33(42)36-22-25-16-19-26(20-17-25)32(41)39-30(21-18-24-10-4-1-5-11-24)34(43)38-27-12-6-2-7-13-27/h3,8-9,14-17,19-20,23-24,27,30H,1-2,4-7,10-13,18,21-22,35H2,(H,36,42)(H,38,43)(H,39,41)/t30-/m0/s1. The number of carbonyl (C=O) groups excluding carboxylic acids is 3. The number of nitrogens with zero attached hydrogens (tertiary/aromatic N) is 2. The van der Waals surface area contributed by atoms with E-state index in [4.69, 9.17) is 5.73 Å². The van der Waals surface area contributed by atoms with Crippen LogP contribution in [-0.2, 0) is 11.3 Å². The fourth-order valence-corrected chi connectivity index (χ4v) is 6.30. The van der Waals surface area contributed by atoms with Crippen LogP contribution in [0.5, 0.6) is 0 Å². The number of nitrogens with one attached hydrogen (secondary N) is 3. The highest BCUT2D eigenvalue weighted by Crippen LogP contribution is 2.28. The van der Waals surface area contributed by atoms with E-state index in [1.807, 2.05) is 42.5 Å². The Hall–Kier alpha value is -4.14. The van der Waals surface area contributed by atoms with E-state index in [0.717, 1.165) is 43.4 Å². The van der Waals surface area contributed by atoms with Gasteiger partial charge in [0.25, 0.3) is 11.8 Å². The molecule has 1 aromatic heterocycles. The van der Waals surface area contributed by atoms with Crippen molar-refractivity contribution in [2.75, 3.05) is 5.73 Å². The highest BCUT2D eigenvalue weighted by Gasteiger charge is 2.26. The van der Waals surface area contributed by atoms with Crippen LogP contribution in [0.4, 0.5) is 5.82 Å². The maximum atomic E-state index is 13.3. The molecule has 9 heteroatoms. The van der Waals surface area contributed by atoms with Crippen molar-refractivity contribution >= 4 is 23.5 Å². The van der Waals surface area contributed by atoms with Crippen molar-refractivity contribution in [1.82, 2.24) is 25.7 Å². The van der Waals surface area contributed by atoms with E-state index in [1.54, 1.807) is 12.1 Å². The molecule has 5 rings (SSSR count). The summed E-state index contributed by atoms with van der Waals surface area (Å²) < 4.78 is 1.53. The average molecular weight is 585 g/mol. The van der Waals surface area contributed by atoms with Crippen LogP contribution in [0.15, 0.2) is 60.8 Å². The minimum atomic E-state index is -0.544. The molecule has 0 saturated heterocycles. The maximum absolute atomic E-state index is 13.3. The fourth-order valence-electron chi connectivity index (χ4n) is 6.30. The molecule has 9 nitrogen and oxygen atoms in total. The smallest absolute Gasteiger partial charge is 0.256 e. The minimum Gasteiger partial charge on any atom is -0.383 e. The van der Waals surface area contributed by atoms with E-state index >= 15 is 0 Å². The average Bonchev–Trinajstić information content (AvgIpc) is 3.44. The highest BCUT2D eigenvalue weighted by atomic mass is 16.2. The highest BCUT2D eigenvalue weighted by molar-refractivity contribution is 5.99. The van der Waals surface area contributed by atoms with Gasteiger partial charge in [0, 0.05) is 18.2 Å². The van der Waals surface area contributed by atoms with Gasteiger partial charge in [0.1, 0.15) is 17.4 Å². The summed E-state index contributed by atoms with van der Waals surface area (Å²) in [5.74, 6) is 0.245. The summed E-state index contributed by atoms with van der Waals surface area (Å²) in [6, 6.07) is 16.1. The molecule has 1 atom stereocenters. The summed E-state index contributed by atoms with van der Waals surface area (Å²) in [4.78, 5) is 39.4. The first-order valence-corrected chi connectivity index (χ1v) is 15.8. The number of hydrogen-bond donors (Lipinski definition) is 4. The molecule has 43 heavy (non-hydrogen) atoms. The molecule has 0 spiro atoms. The van der Waals surface area contributed by atoms with Crippen molar-refractivity contribution in [3.63, 3.8) is 0 Å². The third-order valence-electron chi connectivity index (χ3n) is 8.88. The summed E-state index contributed by atoms with van der Waals surface area (Å²) in [6.07, 6.45) is 14.8. The van der Waals surface area contributed by atoms with E-state index < -0.39 is 6.04 Å². The molecule has 0 bridgehead atoms. The Morgan fingerprint density at radius 2 is 1.53 bits per heavy atom. The van der Waals surface area contributed by atoms with Crippen LogP contribution in [-0.4, -0.2) is 39.6 Å². The Morgan fingerprint density at radius 3 is 2.23 bits per heavy atom. The van der Waals surface area contributed by atoms with Crippen LogP contribution in [0.3, 0.4) is 0 Å².